The van der Waals surface area contributed by atoms with E-state index in [0.717, 1.165) is 22.3 Å². The van der Waals surface area contributed by atoms with Gasteiger partial charge in [0.15, 0.2) is 0 Å². The molecule has 0 radical (unpaired) electrons. The summed E-state index contributed by atoms with van der Waals surface area (Å²) in [4.78, 5) is 16.6. The van der Waals surface area contributed by atoms with Crippen LogP contribution in [0.5, 0.6) is 11.6 Å². The molecule has 0 aliphatic rings. The number of pyridine rings is 1. The zero-order chi connectivity index (χ0) is 21.1. The monoisotopic (exact) mass is 416 g/mol. The number of aromatic nitrogens is 1. The van der Waals surface area contributed by atoms with Crippen LogP contribution in [0.1, 0.15) is 21.5 Å². The van der Waals surface area contributed by atoms with Crippen LogP contribution in [0.15, 0.2) is 72.1 Å². The van der Waals surface area contributed by atoms with Crippen molar-refractivity contribution in [2.45, 2.75) is 13.5 Å². The van der Waals surface area contributed by atoms with Crippen LogP contribution in [0.4, 0.5) is 0 Å². The molecule has 0 aliphatic heterocycles. The van der Waals surface area contributed by atoms with Crippen LogP contribution < -0.4 is 10.5 Å². The zero-order valence-corrected chi connectivity index (χ0v) is 17.1. The number of hydrogen-bond acceptors (Lipinski definition) is 5. The van der Waals surface area contributed by atoms with E-state index in [0.29, 0.717) is 28.7 Å². The van der Waals surface area contributed by atoms with Gasteiger partial charge in [0.05, 0.1) is 16.1 Å². The molecule has 0 saturated carbocycles. The van der Waals surface area contributed by atoms with Crippen molar-refractivity contribution < 1.29 is 14.6 Å². The number of carbonyl (C=O) groups is 1. The van der Waals surface area contributed by atoms with Crippen LogP contribution in [-0.2, 0) is 6.54 Å². The van der Waals surface area contributed by atoms with E-state index in [1.165, 1.54) is 11.3 Å². The van der Waals surface area contributed by atoms with Crippen LogP contribution >= 0.6 is 11.3 Å². The van der Waals surface area contributed by atoms with E-state index in [4.69, 9.17) is 10.5 Å². The average Bonchev–Trinajstić information content (AvgIpc) is 3.24. The molecule has 0 unspecified atom stereocenters. The Morgan fingerprint density at radius 2 is 1.90 bits per heavy atom. The topological polar surface area (TPSA) is 85.4 Å². The Hall–Kier alpha value is -3.48. The molecule has 3 N–H and O–H groups in total. The molecule has 150 valence electrons. The maximum absolute atomic E-state index is 11.4. The van der Waals surface area contributed by atoms with Crippen LogP contribution in [0.25, 0.3) is 21.7 Å². The first kappa shape index (κ1) is 19.8. The fourth-order valence-corrected chi connectivity index (χ4v) is 4.10. The highest BCUT2D eigenvalue weighted by Crippen LogP contribution is 2.32. The second kappa shape index (κ2) is 8.49. The van der Waals surface area contributed by atoms with Crippen molar-refractivity contribution in [3.05, 3.63) is 88.8 Å². The minimum Gasteiger partial charge on any atom is -0.478 e. The lowest BCUT2D eigenvalue weighted by atomic mass is 10.0. The number of aryl methyl sites for hydroxylation is 1. The third kappa shape index (κ3) is 4.25. The summed E-state index contributed by atoms with van der Waals surface area (Å²) in [6, 6.07) is 21.0. The summed E-state index contributed by atoms with van der Waals surface area (Å²) in [5, 5.41) is 11.1. The van der Waals surface area contributed by atoms with Gasteiger partial charge in [0.25, 0.3) is 0 Å². The van der Waals surface area contributed by atoms with Gasteiger partial charge in [-0.2, -0.15) is 0 Å². The largest absolute Gasteiger partial charge is 0.478 e. The Morgan fingerprint density at radius 1 is 1.07 bits per heavy atom. The summed E-state index contributed by atoms with van der Waals surface area (Å²) >= 11 is 1.34. The highest BCUT2D eigenvalue weighted by atomic mass is 32.1. The molecular weight excluding hydrogens is 396 g/mol. The molecule has 0 saturated heterocycles. The molecule has 4 aromatic rings. The molecule has 30 heavy (non-hydrogen) atoms. The first-order chi connectivity index (χ1) is 14.5. The molecule has 0 atom stereocenters. The Kier molecular flexibility index (Phi) is 5.61. The van der Waals surface area contributed by atoms with E-state index >= 15 is 0 Å². The molecule has 0 bridgehead atoms. The van der Waals surface area contributed by atoms with E-state index in [1.807, 2.05) is 43.3 Å². The van der Waals surface area contributed by atoms with Gasteiger partial charge in [-0.3, -0.25) is 0 Å². The summed E-state index contributed by atoms with van der Waals surface area (Å²) in [7, 11) is 0. The van der Waals surface area contributed by atoms with Gasteiger partial charge in [-0.15, -0.1) is 11.3 Å². The number of carboxylic acids is 1. The van der Waals surface area contributed by atoms with Gasteiger partial charge in [-0.05, 0) is 64.9 Å². The number of benzene rings is 2. The second-order valence-corrected chi connectivity index (χ2v) is 7.79. The molecule has 5 nitrogen and oxygen atoms in total. The van der Waals surface area contributed by atoms with E-state index in [2.05, 4.69) is 17.1 Å². The third-order valence-corrected chi connectivity index (χ3v) is 5.56. The highest BCUT2D eigenvalue weighted by Gasteiger charge is 2.15. The Morgan fingerprint density at radius 3 is 2.70 bits per heavy atom. The summed E-state index contributed by atoms with van der Waals surface area (Å²) in [6.07, 6.45) is 0. The average molecular weight is 417 g/mol. The van der Waals surface area contributed by atoms with E-state index in [-0.39, 0.29) is 5.56 Å². The van der Waals surface area contributed by atoms with Crippen molar-refractivity contribution in [1.29, 1.82) is 0 Å². The molecule has 2 aromatic carbocycles. The van der Waals surface area contributed by atoms with Gasteiger partial charge in [0.2, 0.25) is 5.88 Å². The minimum absolute atomic E-state index is 0.238. The smallest absolute Gasteiger partial charge is 0.337 e. The number of thiophene rings is 1. The molecule has 0 amide bonds. The predicted molar refractivity (Wildman–Crippen MR) is 119 cm³/mol. The quantitative estimate of drug-likeness (QED) is 0.419. The SMILES string of the molecule is Cc1cc(Oc2cccc(-c3sccc3C(=O)O)n2)cc(-c2cccc(CN)c2)c1. The van der Waals surface area contributed by atoms with Gasteiger partial charge in [0.1, 0.15) is 5.75 Å². The van der Waals surface area contributed by atoms with Crippen LogP contribution in [-0.4, -0.2) is 16.1 Å². The Labute approximate surface area is 178 Å². The molecular formula is C24H20N2O3S. The van der Waals surface area contributed by atoms with Gasteiger partial charge < -0.3 is 15.6 Å². The predicted octanol–water partition coefficient (Wildman–Crippen LogP) is 5.73. The van der Waals surface area contributed by atoms with Gasteiger partial charge in [0, 0.05) is 12.6 Å². The van der Waals surface area contributed by atoms with Crippen molar-refractivity contribution in [1.82, 2.24) is 4.98 Å². The van der Waals surface area contributed by atoms with Crippen molar-refractivity contribution >= 4 is 17.3 Å². The minimum atomic E-state index is -0.970. The number of ether oxygens (including phenoxy) is 1. The summed E-state index contributed by atoms with van der Waals surface area (Å²) in [5.41, 5.74) is 10.8. The standard InChI is InChI=1S/C24H20N2O3S/c1-15-10-18(17-5-2-4-16(12-17)14-25)13-19(11-15)29-22-7-3-6-21(26-22)23-20(24(27)28)8-9-30-23/h2-13H,14,25H2,1H3,(H,27,28). The van der Waals surface area contributed by atoms with Gasteiger partial charge >= 0.3 is 5.97 Å². The first-order valence-electron chi connectivity index (χ1n) is 9.40. The lowest BCUT2D eigenvalue weighted by molar-refractivity contribution is 0.0698. The van der Waals surface area contributed by atoms with Gasteiger partial charge in [-0.1, -0.05) is 30.3 Å². The number of aromatic carboxylic acids is 1. The molecule has 4 rings (SSSR count). The Bertz CT molecular complexity index is 1220. The summed E-state index contributed by atoms with van der Waals surface area (Å²) in [5.74, 6) is 0.101. The van der Waals surface area contributed by atoms with Crippen molar-refractivity contribution in [2.75, 3.05) is 0 Å². The highest BCUT2D eigenvalue weighted by molar-refractivity contribution is 7.14. The fraction of sp³-hybridized carbons (Fsp3) is 0.0833. The van der Waals surface area contributed by atoms with Gasteiger partial charge in [-0.25, -0.2) is 9.78 Å². The van der Waals surface area contributed by atoms with E-state index in [1.54, 1.807) is 23.6 Å². The maximum atomic E-state index is 11.4. The van der Waals surface area contributed by atoms with Crippen LogP contribution in [0.2, 0.25) is 0 Å². The molecule has 2 heterocycles. The second-order valence-electron chi connectivity index (χ2n) is 6.87. The van der Waals surface area contributed by atoms with Crippen molar-refractivity contribution in [3.63, 3.8) is 0 Å². The fourth-order valence-electron chi connectivity index (χ4n) is 3.25. The summed E-state index contributed by atoms with van der Waals surface area (Å²) in [6.45, 7) is 2.50. The summed E-state index contributed by atoms with van der Waals surface area (Å²) < 4.78 is 6.04. The van der Waals surface area contributed by atoms with Crippen molar-refractivity contribution in [3.8, 4) is 33.3 Å². The van der Waals surface area contributed by atoms with Crippen LogP contribution in [0, 0.1) is 6.92 Å². The normalized spacial score (nSPS) is 10.7. The maximum Gasteiger partial charge on any atom is 0.337 e. The first-order valence-corrected chi connectivity index (χ1v) is 10.3. The lowest BCUT2D eigenvalue weighted by Gasteiger charge is -2.11. The molecule has 6 heteroatoms. The van der Waals surface area contributed by atoms with E-state index < -0.39 is 5.97 Å². The molecule has 0 aliphatic carbocycles. The number of hydrogen-bond donors (Lipinski definition) is 2. The molecule has 2 aromatic heterocycles. The number of nitrogens with zero attached hydrogens (tertiary/aromatic N) is 1. The molecule has 0 spiro atoms. The van der Waals surface area contributed by atoms with Crippen LogP contribution in [0.3, 0.4) is 0 Å². The number of rotatable bonds is 6. The lowest BCUT2D eigenvalue weighted by Crippen LogP contribution is -1.97. The number of nitrogens with two attached hydrogens (primary N) is 1. The molecule has 0 fully saturated rings. The Balaban J connectivity index is 1.66. The zero-order valence-electron chi connectivity index (χ0n) is 16.3. The van der Waals surface area contributed by atoms with E-state index in [9.17, 15) is 9.90 Å². The third-order valence-electron chi connectivity index (χ3n) is 4.62. The number of carboxylic acid groups (broad SMARTS) is 1. The van der Waals surface area contributed by atoms with Crippen molar-refractivity contribution in [2.24, 2.45) is 5.73 Å².